The van der Waals surface area contributed by atoms with Gasteiger partial charge in [-0.25, -0.2) is 4.79 Å². The van der Waals surface area contributed by atoms with Gasteiger partial charge in [-0.05, 0) is 19.1 Å². The Labute approximate surface area is 153 Å². The first-order valence-corrected chi connectivity index (χ1v) is 9.39. The lowest BCUT2D eigenvalue weighted by atomic mass is 10.1. The molecule has 4 atom stereocenters. The number of hydrogen-bond donors (Lipinski definition) is 3. The number of aliphatic hydroxyl groups excluding tert-OH is 2. The van der Waals surface area contributed by atoms with Crippen LogP contribution < -0.4 is 11.2 Å². The van der Waals surface area contributed by atoms with E-state index in [4.69, 9.17) is 8.92 Å². The summed E-state index contributed by atoms with van der Waals surface area (Å²) >= 11 is 0. The first kappa shape index (κ1) is 19.5. The van der Waals surface area contributed by atoms with E-state index in [9.17, 15) is 28.2 Å². The summed E-state index contributed by atoms with van der Waals surface area (Å²) in [6.45, 7) is 1.16. The molecule has 3 N–H and O–H groups in total. The summed E-state index contributed by atoms with van der Waals surface area (Å²) in [6, 6.07) is 6.89. The SMILES string of the molecule is Cc1ccc(S(=O)(=O)O[C@H]2[C@H](O)[C@H](CO)O[C@H]2n2ccc(=O)[nH]c2=O)cc1. The molecule has 1 aromatic heterocycles. The lowest BCUT2D eigenvalue weighted by Crippen LogP contribution is -2.40. The van der Waals surface area contributed by atoms with Crippen molar-refractivity contribution in [2.45, 2.75) is 36.4 Å². The molecule has 1 aliphatic rings. The second-order valence-electron chi connectivity index (χ2n) is 6.08. The fourth-order valence-electron chi connectivity index (χ4n) is 2.73. The number of aromatic amines is 1. The Morgan fingerprint density at radius 1 is 1.22 bits per heavy atom. The Balaban J connectivity index is 1.98. The molecule has 146 valence electrons. The van der Waals surface area contributed by atoms with Crippen LogP contribution in [-0.2, 0) is 19.0 Å². The molecule has 2 aromatic rings. The molecule has 3 rings (SSSR count). The summed E-state index contributed by atoms with van der Waals surface area (Å²) in [4.78, 5) is 25.1. The average molecular weight is 398 g/mol. The Hall–Kier alpha value is -2.31. The highest BCUT2D eigenvalue weighted by Gasteiger charge is 2.48. The van der Waals surface area contributed by atoms with Gasteiger partial charge in [0.25, 0.3) is 15.7 Å². The van der Waals surface area contributed by atoms with Crippen molar-refractivity contribution >= 4 is 10.1 Å². The smallest absolute Gasteiger partial charge is 0.330 e. The van der Waals surface area contributed by atoms with Crippen molar-refractivity contribution < 1.29 is 27.6 Å². The molecule has 0 saturated carbocycles. The lowest BCUT2D eigenvalue weighted by molar-refractivity contribution is -0.0519. The molecule has 2 heterocycles. The first-order chi connectivity index (χ1) is 12.7. The number of aliphatic hydroxyl groups is 2. The van der Waals surface area contributed by atoms with Crippen LogP contribution in [0.25, 0.3) is 0 Å². The molecule has 0 unspecified atom stereocenters. The van der Waals surface area contributed by atoms with Crippen molar-refractivity contribution in [2.24, 2.45) is 0 Å². The van der Waals surface area contributed by atoms with Gasteiger partial charge in [0, 0.05) is 12.3 Å². The fraction of sp³-hybridized carbons (Fsp3) is 0.375. The van der Waals surface area contributed by atoms with E-state index < -0.39 is 52.5 Å². The van der Waals surface area contributed by atoms with Gasteiger partial charge in [0.2, 0.25) is 0 Å². The first-order valence-electron chi connectivity index (χ1n) is 7.99. The van der Waals surface area contributed by atoms with Gasteiger partial charge < -0.3 is 14.9 Å². The third kappa shape index (κ3) is 3.87. The normalized spacial score (nSPS) is 25.6. The van der Waals surface area contributed by atoms with Crippen LogP contribution in [0.3, 0.4) is 0 Å². The molecule has 1 aliphatic heterocycles. The third-order valence-electron chi connectivity index (χ3n) is 4.17. The van der Waals surface area contributed by atoms with Crippen LogP contribution in [-0.4, -0.2) is 53.1 Å². The van der Waals surface area contributed by atoms with Crippen molar-refractivity contribution in [1.29, 1.82) is 0 Å². The molecule has 0 bridgehead atoms. The maximum atomic E-state index is 12.6. The highest BCUT2D eigenvalue weighted by molar-refractivity contribution is 7.86. The molecular formula is C16H18N2O8S. The van der Waals surface area contributed by atoms with E-state index in [0.29, 0.717) is 0 Å². The largest absolute Gasteiger partial charge is 0.394 e. The van der Waals surface area contributed by atoms with Crippen molar-refractivity contribution in [2.75, 3.05) is 6.61 Å². The molecular weight excluding hydrogens is 380 g/mol. The van der Waals surface area contributed by atoms with Crippen molar-refractivity contribution in [3.63, 3.8) is 0 Å². The minimum atomic E-state index is -4.30. The van der Waals surface area contributed by atoms with Gasteiger partial charge in [-0.15, -0.1) is 0 Å². The van der Waals surface area contributed by atoms with Crippen LogP contribution in [0, 0.1) is 6.92 Å². The zero-order valence-electron chi connectivity index (χ0n) is 14.2. The quantitative estimate of drug-likeness (QED) is 0.536. The van der Waals surface area contributed by atoms with Crippen LogP contribution in [0.5, 0.6) is 0 Å². The van der Waals surface area contributed by atoms with Gasteiger partial charge in [-0.1, -0.05) is 17.7 Å². The zero-order chi connectivity index (χ0) is 19.8. The second kappa shape index (κ2) is 7.37. The van der Waals surface area contributed by atoms with Gasteiger partial charge >= 0.3 is 5.69 Å². The van der Waals surface area contributed by atoms with Crippen LogP contribution in [0.4, 0.5) is 0 Å². The van der Waals surface area contributed by atoms with E-state index in [1.807, 2.05) is 4.98 Å². The van der Waals surface area contributed by atoms with E-state index in [-0.39, 0.29) is 4.90 Å². The van der Waals surface area contributed by atoms with E-state index >= 15 is 0 Å². The Kier molecular flexibility index (Phi) is 5.31. The lowest BCUT2D eigenvalue weighted by Gasteiger charge is -2.21. The van der Waals surface area contributed by atoms with E-state index in [2.05, 4.69) is 0 Å². The van der Waals surface area contributed by atoms with Crippen LogP contribution in [0.2, 0.25) is 0 Å². The topological polar surface area (TPSA) is 148 Å². The summed E-state index contributed by atoms with van der Waals surface area (Å²) < 4.78 is 36.6. The molecule has 10 nitrogen and oxygen atoms in total. The molecule has 1 aromatic carbocycles. The standard InChI is InChI=1S/C16H18N2O8S/c1-9-2-4-10(5-3-9)27(23,24)26-14-13(21)11(8-19)25-15(14)18-7-6-12(20)17-16(18)22/h2-7,11,13-15,19,21H,8H2,1H3,(H,17,20,22)/t11-,13+,14-,15+/m0/s1. The molecule has 1 saturated heterocycles. The third-order valence-corrected chi connectivity index (χ3v) is 5.49. The molecule has 0 aliphatic carbocycles. The monoisotopic (exact) mass is 398 g/mol. The molecule has 0 amide bonds. The molecule has 27 heavy (non-hydrogen) atoms. The molecule has 11 heteroatoms. The van der Waals surface area contributed by atoms with Gasteiger partial charge in [-0.3, -0.25) is 18.5 Å². The van der Waals surface area contributed by atoms with Crippen LogP contribution in [0.1, 0.15) is 11.8 Å². The number of aryl methyl sites for hydroxylation is 1. The van der Waals surface area contributed by atoms with Gasteiger partial charge in [0.1, 0.15) is 12.2 Å². The van der Waals surface area contributed by atoms with Crippen molar-refractivity contribution in [3.8, 4) is 0 Å². The second-order valence-corrected chi connectivity index (χ2v) is 7.66. The number of nitrogens with one attached hydrogen (secondary N) is 1. The van der Waals surface area contributed by atoms with E-state index in [1.165, 1.54) is 12.1 Å². The number of rotatable bonds is 5. The summed E-state index contributed by atoms with van der Waals surface area (Å²) in [5.74, 6) is 0. The molecule has 0 spiro atoms. The maximum Gasteiger partial charge on any atom is 0.330 e. The molecule has 1 fully saturated rings. The summed E-state index contributed by atoms with van der Waals surface area (Å²) in [5, 5.41) is 19.7. The summed E-state index contributed by atoms with van der Waals surface area (Å²) in [7, 11) is -4.30. The van der Waals surface area contributed by atoms with Gasteiger partial charge in [-0.2, -0.15) is 8.42 Å². The Morgan fingerprint density at radius 2 is 1.89 bits per heavy atom. The number of ether oxygens (including phenoxy) is 1. The number of aromatic nitrogens is 2. The van der Waals surface area contributed by atoms with Crippen LogP contribution in [0.15, 0.2) is 51.0 Å². The summed E-state index contributed by atoms with van der Waals surface area (Å²) in [5.41, 5.74) is -0.686. The minimum absolute atomic E-state index is 0.139. The Bertz CT molecular complexity index is 1030. The van der Waals surface area contributed by atoms with Gasteiger partial charge in [0.05, 0.1) is 11.5 Å². The number of benzene rings is 1. The average Bonchev–Trinajstić information content (AvgIpc) is 2.91. The zero-order valence-corrected chi connectivity index (χ0v) is 15.0. The highest BCUT2D eigenvalue weighted by atomic mass is 32.2. The van der Waals surface area contributed by atoms with E-state index in [0.717, 1.165) is 22.4 Å². The number of nitrogens with zero attached hydrogens (tertiary/aromatic N) is 1. The van der Waals surface area contributed by atoms with Crippen molar-refractivity contribution in [3.05, 3.63) is 62.9 Å². The number of H-pyrrole nitrogens is 1. The highest BCUT2D eigenvalue weighted by Crippen LogP contribution is 2.33. The maximum absolute atomic E-state index is 12.6. The minimum Gasteiger partial charge on any atom is -0.394 e. The van der Waals surface area contributed by atoms with Gasteiger partial charge in [0.15, 0.2) is 12.3 Å². The predicted octanol–water partition coefficient (Wildman–Crippen LogP) is -1.13. The van der Waals surface area contributed by atoms with Crippen molar-refractivity contribution in [1.82, 2.24) is 9.55 Å². The van der Waals surface area contributed by atoms with E-state index in [1.54, 1.807) is 19.1 Å². The van der Waals surface area contributed by atoms with Crippen LogP contribution >= 0.6 is 0 Å². The molecule has 0 radical (unpaired) electrons. The number of hydrogen-bond acceptors (Lipinski definition) is 8. The fourth-order valence-corrected chi connectivity index (χ4v) is 3.81. The predicted molar refractivity (Wildman–Crippen MR) is 91.6 cm³/mol. The summed E-state index contributed by atoms with van der Waals surface area (Å²) in [6.07, 6.45) is -4.50. The Morgan fingerprint density at radius 3 is 2.48 bits per heavy atom.